The smallest absolute Gasteiger partial charge is 0.175 e. The predicted molar refractivity (Wildman–Crippen MR) is 67.0 cm³/mol. The summed E-state index contributed by atoms with van der Waals surface area (Å²) in [4.78, 5) is 0. The lowest BCUT2D eigenvalue weighted by atomic mass is 9.95. The van der Waals surface area contributed by atoms with Crippen LogP contribution in [0.3, 0.4) is 0 Å². The first-order chi connectivity index (χ1) is 8.24. The van der Waals surface area contributed by atoms with Gasteiger partial charge in [-0.3, -0.25) is 0 Å². The van der Waals surface area contributed by atoms with Crippen molar-refractivity contribution in [3.63, 3.8) is 0 Å². The zero-order chi connectivity index (χ0) is 12.3. The minimum Gasteiger partial charge on any atom is -0.428 e. The molecule has 1 aromatic heterocycles. The highest BCUT2D eigenvalue weighted by Gasteiger charge is 2.11. The maximum atomic E-state index is 11.0. The van der Waals surface area contributed by atoms with Gasteiger partial charge in [-0.05, 0) is 11.6 Å². The molecule has 0 fully saturated rings. The van der Waals surface area contributed by atoms with Crippen molar-refractivity contribution in [2.24, 2.45) is 0 Å². The molecule has 0 aliphatic carbocycles. The molecule has 1 N–H and O–H groups in total. The first-order valence-corrected chi connectivity index (χ1v) is 6.06. The molecule has 4 heteroatoms. The van der Waals surface area contributed by atoms with E-state index in [1.54, 1.807) is 6.07 Å². The molecule has 0 saturated carbocycles. The molecule has 0 spiro atoms. The molecule has 0 aliphatic heterocycles. The van der Waals surface area contributed by atoms with Crippen molar-refractivity contribution in [2.75, 3.05) is 0 Å². The summed E-state index contributed by atoms with van der Waals surface area (Å²) in [7, 11) is 0. The Labute approximate surface area is 103 Å². The van der Waals surface area contributed by atoms with Crippen LogP contribution in [0.4, 0.5) is 0 Å². The SMILES string of the molecule is CC(c1ccccc1)c1cccn(O)c1=S=O. The number of rotatable bonds is 2. The highest BCUT2D eigenvalue weighted by atomic mass is 32.1. The number of hydrogen-bond acceptors (Lipinski definition) is 2. The van der Waals surface area contributed by atoms with E-state index in [0.29, 0.717) is 15.9 Å². The van der Waals surface area contributed by atoms with Crippen molar-refractivity contribution in [3.8, 4) is 0 Å². The monoisotopic (exact) mass is 247 g/mol. The molecule has 17 heavy (non-hydrogen) atoms. The average molecular weight is 247 g/mol. The molecule has 0 saturated heterocycles. The molecular weight excluding hydrogens is 234 g/mol. The van der Waals surface area contributed by atoms with Gasteiger partial charge in [0, 0.05) is 17.7 Å². The van der Waals surface area contributed by atoms with Crippen LogP contribution in [0, 0.1) is 4.64 Å². The number of benzene rings is 1. The number of nitrogens with zero attached hydrogens (tertiary/aromatic N) is 1. The predicted octanol–water partition coefficient (Wildman–Crippen LogP) is 2.62. The van der Waals surface area contributed by atoms with Crippen LogP contribution in [0.2, 0.25) is 0 Å². The molecule has 1 aromatic carbocycles. The summed E-state index contributed by atoms with van der Waals surface area (Å²) in [6.45, 7) is 2.02. The van der Waals surface area contributed by atoms with Gasteiger partial charge in [-0.2, -0.15) is 4.73 Å². The van der Waals surface area contributed by atoms with E-state index in [1.807, 2.05) is 43.3 Å². The fraction of sp³-hybridized carbons (Fsp3) is 0.154. The van der Waals surface area contributed by atoms with Gasteiger partial charge in [-0.15, -0.1) is 0 Å². The van der Waals surface area contributed by atoms with E-state index >= 15 is 0 Å². The van der Waals surface area contributed by atoms with Crippen molar-refractivity contribution in [1.82, 2.24) is 4.73 Å². The summed E-state index contributed by atoms with van der Waals surface area (Å²) in [6.07, 6.45) is 1.46. The fourth-order valence-corrected chi connectivity index (χ4v) is 2.31. The van der Waals surface area contributed by atoms with E-state index in [4.69, 9.17) is 0 Å². The van der Waals surface area contributed by atoms with Crippen molar-refractivity contribution < 1.29 is 9.42 Å². The van der Waals surface area contributed by atoms with Crippen molar-refractivity contribution in [1.29, 1.82) is 0 Å². The summed E-state index contributed by atoms with van der Waals surface area (Å²) in [6, 6.07) is 13.5. The molecule has 0 amide bonds. The zero-order valence-electron chi connectivity index (χ0n) is 9.41. The van der Waals surface area contributed by atoms with Gasteiger partial charge in [0.2, 0.25) is 0 Å². The highest BCUT2D eigenvalue weighted by molar-refractivity contribution is 7.56. The molecule has 1 unspecified atom stereocenters. The minimum absolute atomic E-state index is 0.0762. The summed E-state index contributed by atoms with van der Waals surface area (Å²) < 4.78 is 12.3. The van der Waals surface area contributed by atoms with Crippen LogP contribution in [-0.4, -0.2) is 14.1 Å². The van der Waals surface area contributed by atoms with E-state index in [0.717, 1.165) is 15.9 Å². The molecule has 0 radical (unpaired) electrons. The lowest BCUT2D eigenvalue weighted by Crippen LogP contribution is -2.03. The van der Waals surface area contributed by atoms with E-state index in [-0.39, 0.29) is 5.92 Å². The standard InChI is InChI=1S/C13H13NO2S/c1-10(11-6-3-2-4-7-11)12-8-5-9-14(15)13(12)17-16/h2-10,15H,1H3. The van der Waals surface area contributed by atoms with Crippen molar-refractivity contribution in [3.05, 3.63) is 64.4 Å². The third kappa shape index (κ3) is 2.31. The van der Waals surface area contributed by atoms with Gasteiger partial charge < -0.3 is 5.21 Å². The average Bonchev–Trinajstić information content (AvgIpc) is 2.38. The lowest BCUT2D eigenvalue weighted by molar-refractivity contribution is 0.179. The third-order valence-electron chi connectivity index (χ3n) is 2.80. The Kier molecular flexibility index (Phi) is 3.44. The first-order valence-electron chi connectivity index (χ1n) is 5.32. The van der Waals surface area contributed by atoms with Crippen LogP contribution in [-0.2, 0) is 11.3 Å². The molecule has 0 aliphatic rings. The Morgan fingerprint density at radius 2 is 1.88 bits per heavy atom. The fourth-order valence-electron chi connectivity index (χ4n) is 1.84. The second kappa shape index (κ2) is 5.01. The second-order valence-corrected chi connectivity index (χ2v) is 4.38. The zero-order valence-corrected chi connectivity index (χ0v) is 10.2. The number of hydrogen-bond donors (Lipinski definition) is 1. The molecule has 2 rings (SSSR count). The van der Waals surface area contributed by atoms with Crippen LogP contribution < -0.4 is 0 Å². The van der Waals surface area contributed by atoms with Crippen LogP contribution >= 0.6 is 0 Å². The molecule has 0 bridgehead atoms. The normalized spacial score (nSPS) is 12.1. The Morgan fingerprint density at radius 1 is 1.18 bits per heavy atom. The van der Waals surface area contributed by atoms with E-state index in [2.05, 4.69) is 0 Å². The molecule has 2 aromatic rings. The summed E-state index contributed by atoms with van der Waals surface area (Å²) in [5.41, 5.74) is 1.95. The number of aromatic nitrogens is 1. The Balaban J connectivity index is 2.56. The minimum atomic E-state index is 0.0762. The van der Waals surface area contributed by atoms with Gasteiger partial charge in [0.25, 0.3) is 0 Å². The molecule has 1 atom stereocenters. The van der Waals surface area contributed by atoms with Crippen LogP contribution in [0.5, 0.6) is 0 Å². The van der Waals surface area contributed by atoms with Gasteiger partial charge in [0.15, 0.2) is 4.64 Å². The number of pyridine rings is 1. The summed E-state index contributed by atoms with van der Waals surface area (Å²) in [5, 5.41) is 9.58. The van der Waals surface area contributed by atoms with Crippen LogP contribution in [0.1, 0.15) is 24.0 Å². The maximum absolute atomic E-state index is 11.0. The van der Waals surface area contributed by atoms with E-state index in [1.165, 1.54) is 6.20 Å². The van der Waals surface area contributed by atoms with Gasteiger partial charge in [0.1, 0.15) is 11.3 Å². The molecule has 1 heterocycles. The van der Waals surface area contributed by atoms with Crippen LogP contribution in [0.15, 0.2) is 48.7 Å². The first kappa shape index (κ1) is 11.7. The van der Waals surface area contributed by atoms with Gasteiger partial charge in [-0.25, -0.2) is 4.21 Å². The molecular formula is C13H13NO2S. The van der Waals surface area contributed by atoms with Gasteiger partial charge in [0.05, 0.1) is 0 Å². The summed E-state index contributed by atoms with van der Waals surface area (Å²) >= 11 is 0.308. The van der Waals surface area contributed by atoms with Gasteiger partial charge in [-0.1, -0.05) is 43.3 Å². The van der Waals surface area contributed by atoms with E-state index in [9.17, 15) is 9.42 Å². The lowest BCUT2D eigenvalue weighted by Gasteiger charge is -2.12. The Morgan fingerprint density at radius 3 is 2.53 bits per heavy atom. The summed E-state index contributed by atoms with van der Waals surface area (Å²) in [5.74, 6) is 0.0762. The highest BCUT2D eigenvalue weighted by Crippen LogP contribution is 2.23. The Hall–Kier alpha value is -1.81. The largest absolute Gasteiger partial charge is 0.428 e. The van der Waals surface area contributed by atoms with Crippen molar-refractivity contribution >= 4 is 11.3 Å². The van der Waals surface area contributed by atoms with Gasteiger partial charge >= 0.3 is 0 Å². The molecule has 3 nitrogen and oxygen atoms in total. The van der Waals surface area contributed by atoms with E-state index < -0.39 is 0 Å². The topological polar surface area (TPSA) is 42.2 Å². The maximum Gasteiger partial charge on any atom is 0.175 e. The van der Waals surface area contributed by atoms with Crippen LogP contribution in [0.25, 0.3) is 0 Å². The third-order valence-corrected chi connectivity index (χ3v) is 3.38. The molecule has 88 valence electrons. The Bertz CT molecular complexity index is 600. The second-order valence-electron chi connectivity index (χ2n) is 3.83. The van der Waals surface area contributed by atoms with Crippen molar-refractivity contribution in [2.45, 2.75) is 12.8 Å². The quantitative estimate of drug-likeness (QED) is 0.654.